The molecule has 4 aromatic rings. The zero-order chi connectivity index (χ0) is 16.5. The Balaban J connectivity index is 2.07. The van der Waals surface area contributed by atoms with Crippen molar-refractivity contribution in [1.82, 2.24) is 19.2 Å². The highest BCUT2D eigenvalue weighted by atomic mass is 15.4. The molecular formula is C17H13N7. The Kier molecular flexibility index (Phi) is 3.21. The summed E-state index contributed by atoms with van der Waals surface area (Å²) in [6.45, 7) is 7.64. The highest BCUT2D eigenvalue weighted by Gasteiger charge is 2.14. The van der Waals surface area contributed by atoms with E-state index in [-0.39, 0.29) is 0 Å². The van der Waals surface area contributed by atoms with Gasteiger partial charge in [-0.1, -0.05) is 42.5 Å². The number of rotatable bonds is 2. The molecule has 0 saturated heterocycles. The average molecular weight is 315 g/mol. The van der Waals surface area contributed by atoms with Crippen LogP contribution in [0.4, 0.5) is 5.82 Å². The van der Waals surface area contributed by atoms with Crippen molar-refractivity contribution in [2.75, 3.05) is 5.73 Å². The third-order valence-electron chi connectivity index (χ3n) is 3.77. The molecule has 0 aliphatic heterocycles. The van der Waals surface area contributed by atoms with Crippen molar-refractivity contribution < 1.29 is 0 Å². The molecule has 0 atom stereocenters. The first-order chi connectivity index (χ1) is 11.8. The van der Waals surface area contributed by atoms with Gasteiger partial charge in [0.15, 0.2) is 5.82 Å². The third-order valence-corrected chi connectivity index (χ3v) is 3.77. The number of nitrogens with two attached hydrogens (primary N) is 1. The molecule has 0 amide bonds. The first kappa shape index (κ1) is 14.0. The van der Waals surface area contributed by atoms with Crippen molar-refractivity contribution in [3.8, 4) is 0 Å². The van der Waals surface area contributed by atoms with Crippen molar-refractivity contribution in [3.05, 3.63) is 77.3 Å². The molecule has 2 aromatic carbocycles. The van der Waals surface area contributed by atoms with Gasteiger partial charge in [-0.3, -0.25) is 4.40 Å². The molecule has 2 N–H and O–H groups in total. The molecule has 2 heterocycles. The number of benzene rings is 2. The lowest BCUT2D eigenvalue weighted by Gasteiger charge is -2.01. The van der Waals surface area contributed by atoms with Crippen LogP contribution in [0.1, 0.15) is 5.56 Å². The fourth-order valence-corrected chi connectivity index (χ4v) is 2.73. The Morgan fingerprint density at radius 1 is 1.08 bits per heavy atom. The molecule has 7 heteroatoms. The monoisotopic (exact) mass is 315 g/mol. The van der Waals surface area contributed by atoms with E-state index < -0.39 is 0 Å². The Bertz CT molecular complexity index is 1150. The molecule has 24 heavy (non-hydrogen) atoms. The maximum atomic E-state index is 7.15. The van der Waals surface area contributed by atoms with Gasteiger partial charge in [0.05, 0.1) is 17.6 Å². The molecule has 2 aromatic heterocycles. The summed E-state index contributed by atoms with van der Waals surface area (Å²) in [5, 5.41) is 8.49. The fourth-order valence-electron chi connectivity index (χ4n) is 2.73. The van der Waals surface area contributed by atoms with Crippen molar-refractivity contribution in [2.45, 2.75) is 6.54 Å². The van der Waals surface area contributed by atoms with Gasteiger partial charge in [-0.25, -0.2) is 9.67 Å². The molecule has 0 spiro atoms. The molecule has 7 nitrogen and oxygen atoms in total. The van der Waals surface area contributed by atoms with Crippen molar-refractivity contribution in [3.63, 3.8) is 0 Å². The van der Waals surface area contributed by atoms with Crippen LogP contribution in [-0.4, -0.2) is 19.2 Å². The molecule has 0 fully saturated rings. The van der Waals surface area contributed by atoms with E-state index in [0.717, 1.165) is 16.6 Å². The van der Waals surface area contributed by atoms with Crippen molar-refractivity contribution >= 4 is 22.5 Å². The molecular weight excluding hydrogens is 302 g/mol. The second-order valence-corrected chi connectivity index (χ2v) is 5.29. The summed E-state index contributed by atoms with van der Waals surface area (Å²) < 4.78 is 3.45. The van der Waals surface area contributed by atoms with Gasteiger partial charge in [0.25, 0.3) is 0 Å². The molecule has 116 valence electrons. The van der Waals surface area contributed by atoms with Crippen LogP contribution in [0.3, 0.4) is 0 Å². The Morgan fingerprint density at radius 3 is 2.62 bits per heavy atom. The van der Waals surface area contributed by atoms with E-state index in [1.807, 2.05) is 54.6 Å². The number of hydrogen-bond acceptors (Lipinski definition) is 4. The predicted molar refractivity (Wildman–Crippen MR) is 90.6 cm³/mol. The number of hydrogen-bond donors (Lipinski definition) is 1. The van der Waals surface area contributed by atoms with Gasteiger partial charge in [0.1, 0.15) is 5.10 Å². The second-order valence-electron chi connectivity index (χ2n) is 5.29. The van der Waals surface area contributed by atoms with Crippen LogP contribution < -0.4 is 11.4 Å². The average Bonchev–Trinajstić information content (AvgIpc) is 2.96. The summed E-state index contributed by atoms with van der Waals surface area (Å²) in [5.41, 5.74) is 9.58. The standard InChI is InChI=1S/C17H13N7/c1-19-21-17-23(11-12-7-3-2-4-8-12)22-16-15(18)20-13-9-5-6-10-14(13)24(16)17/h2-10H,11H2,(H2,18,20). The molecule has 0 aliphatic rings. The van der Waals surface area contributed by atoms with Gasteiger partial charge in [0, 0.05) is 0 Å². The highest BCUT2D eigenvalue weighted by molar-refractivity contribution is 5.81. The zero-order valence-corrected chi connectivity index (χ0v) is 12.7. The van der Waals surface area contributed by atoms with Crippen LogP contribution in [0, 0.1) is 6.57 Å². The molecule has 0 bridgehead atoms. The van der Waals surface area contributed by atoms with Crippen LogP contribution in [0.2, 0.25) is 0 Å². The van der Waals surface area contributed by atoms with Crippen LogP contribution in [-0.2, 0) is 6.54 Å². The normalized spacial score (nSPS) is 11.9. The fraction of sp³-hybridized carbons (Fsp3) is 0.0588. The minimum Gasteiger partial charge on any atom is -0.381 e. The number of aromatic nitrogens is 4. The third kappa shape index (κ3) is 2.18. The Hall–Kier alpha value is -3.66. The van der Waals surface area contributed by atoms with E-state index in [1.54, 1.807) is 9.08 Å². The maximum Gasteiger partial charge on any atom is 0.314 e. The zero-order valence-electron chi connectivity index (χ0n) is 12.7. The summed E-state index contributed by atoms with van der Waals surface area (Å²) >= 11 is 0. The minimum atomic E-state index is 0.307. The molecule has 0 saturated carbocycles. The number of nitrogen functional groups attached to an aromatic ring is 1. The van der Waals surface area contributed by atoms with Crippen LogP contribution in [0.15, 0.2) is 59.7 Å². The van der Waals surface area contributed by atoms with Gasteiger partial charge in [-0.2, -0.15) is 6.57 Å². The SMILES string of the molecule is [C-]#[N+]N=c1n(Cc2ccccc2)nc2c(N)nc3ccccc3n12. The van der Waals surface area contributed by atoms with Crippen LogP contribution >= 0.6 is 0 Å². The summed E-state index contributed by atoms with van der Waals surface area (Å²) in [5.74, 6) is 0.307. The largest absolute Gasteiger partial charge is 0.381 e. The molecule has 0 radical (unpaired) electrons. The number of para-hydroxylation sites is 2. The maximum absolute atomic E-state index is 7.15. The Labute approximate surface area is 137 Å². The smallest absolute Gasteiger partial charge is 0.314 e. The summed E-state index contributed by atoms with van der Waals surface area (Å²) in [4.78, 5) is 7.59. The summed E-state index contributed by atoms with van der Waals surface area (Å²) in [6.07, 6.45) is 0. The number of fused-ring (bicyclic) bond motifs is 3. The van der Waals surface area contributed by atoms with E-state index in [1.165, 1.54) is 0 Å². The van der Waals surface area contributed by atoms with Gasteiger partial charge in [-0.05, 0) is 17.7 Å². The van der Waals surface area contributed by atoms with Gasteiger partial charge >= 0.3 is 5.62 Å². The van der Waals surface area contributed by atoms with Crippen molar-refractivity contribution in [2.24, 2.45) is 5.10 Å². The van der Waals surface area contributed by atoms with Gasteiger partial charge in [-0.15, -0.1) is 10.1 Å². The lowest BCUT2D eigenvalue weighted by molar-refractivity contribution is 0.646. The Morgan fingerprint density at radius 2 is 1.83 bits per heavy atom. The predicted octanol–water partition coefficient (Wildman–Crippen LogP) is 2.05. The van der Waals surface area contributed by atoms with E-state index in [0.29, 0.717) is 23.6 Å². The quantitative estimate of drug-likeness (QED) is 0.454. The van der Waals surface area contributed by atoms with E-state index >= 15 is 0 Å². The van der Waals surface area contributed by atoms with Gasteiger partial charge in [0.2, 0.25) is 5.65 Å². The number of nitrogens with zero attached hydrogens (tertiary/aromatic N) is 6. The summed E-state index contributed by atoms with van der Waals surface area (Å²) in [6, 6.07) is 17.4. The lowest BCUT2D eigenvalue weighted by atomic mass is 10.2. The highest BCUT2D eigenvalue weighted by Crippen LogP contribution is 2.16. The molecule has 0 aliphatic carbocycles. The van der Waals surface area contributed by atoms with Crippen LogP contribution in [0.5, 0.6) is 0 Å². The summed E-state index contributed by atoms with van der Waals surface area (Å²) in [7, 11) is 0. The van der Waals surface area contributed by atoms with E-state index in [2.05, 4.69) is 20.1 Å². The molecule has 4 rings (SSSR count). The lowest BCUT2D eigenvalue weighted by Crippen LogP contribution is -2.23. The first-order valence-corrected chi connectivity index (χ1v) is 7.36. The van der Waals surface area contributed by atoms with Crippen LogP contribution in [0.25, 0.3) is 21.6 Å². The van der Waals surface area contributed by atoms with Crippen molar-refractivity contribution in [1.29, 1.82) is 0 Å². The van der Waals surface area contributed by atoms with E-state index in [4.69, 9.17) is 12.3 Å². The van der Waals surface area contributed by atoms with E-state index in [9.17, 15) is 0 Å². The second kappa shape index (κ2) is 5.52. The topological polar surface area (TPSA) is 77.9 Å². The minimum absolute atomic E-state index is 0.307. The first-order valence-electron chi connectivity index (χ1n) is 7.36. The number of anilines is 1. The van der Waals surface area contributed by atoms with Gasteiger partial charge < -0.3 is 5.73 Å². The molecule has 0 unspecified atom stereocenters.